The van der Waals surface area contributed by atoms with Gasteiger partial charge in [0.2, 0.25) is 0 Å². The summed E-state index contributed by atoms with van der Waals surface area (Å²) < 4.78 is 0. The average molecular weight is 250 g/mol. The third-order valence-corrected chi connectivity index (χ3v) is 5.23. The van der Waals surface area contributed by atoms with E-state index in [1.54, 1.807) is 0 Å². The van der Waals surface area contributed by atoms with Gasteiger partial charge in [-0.1, -0.05) is 0 Å². The number of hydrogen-bond donors (Lipinski definition) is 0. The molecule has 14 heavy (non-hydrogen) atoms. The van der Waals surface area contributed by atoms with Crippen LogP contribution in [0.4, 0.5) is 0 Å². The fourth-order valence-corrected chi connectivity index (χ4v) is 1.17. The predicted octanol–water partition coefficient (Wildman–Crippen LogP) is -2.90. The Hall–Kier alpha value is -0.904. The van der Waals surface area contributed by atoms with Gasteiger partial charge in [-0.3, -0.25) is 0 Å². The molecular formula is C6KMnN6. The quantitative estimate of drug-likeness (QED) is 0.422. The van der Waals surface area contributed by atoms with Gasteiger partial charge in [0, 0.05) is 0 Å². The topological polar surface area (TPSA) is 143 Å². The van der Waals surface area contributed by atoms with E-state index in [1.165, 1.54) is 0 Å². The maximum atomic E-state index is 8.58. The van der Waals surface area contributed by atoms with Crippen molar-refractivity contribution in [1.82, 2.24) is 0 Å². The van der Waals surface area contributed by atoms with Crippen LogP contribution < -0.4 is 51.4 Å². The van der Waals surface area contributed by atoms with E-state index in [2.05, 4.69) is 0 Å². The van der Waals surface area contributed by atoms with Gasteiger partial charge in [0.05, 0.1) is 0 Å². The van der Waals surface area contributed by atoms with Gasteiger partial charge in [-0.25, -0.2) is 0 Å². The Balaban J connectivity index is 0. The summed E-state index contributed by atoms with van der Waals surface area (Å²) in [6.45, 7) is 0. The Morgan fingerprint density at radius 3 is 0.643 bits per heavy atom. The number of rotatable bonds is 0. The Labute approximate surface area is 122 Å². The molecule has 0 saturated carbocycles. The molecule has 6 nitrogen and oxygen atoms in total. The van der Waals surface area contributed by atoms with Crippen LogP contribution >= 0.6 is 0 Å². The van der Waals surface area contributed by atoms with E-state index >= 15 is 0 Å². The van der Waals surface area contributed by atoms with Gasteiger partial charge in [-0.15, -0.1) is 0 Å². The molecule has 62 valence electrons. The second-order valence-corrected chi connectivity index (χ2v) is 7.93. The van der Waals surface area contributed by atoms with Crippen molar-refractivity contribution in [2.75, 3.05) is 0 Å². The third-order valence-electron chi connectivity index (χ3n) is 1.27. The van der Waals surface area contributed by atoms with Crippen molar-refractivity contribution in [3.63, 3.8) is 0 Å². The molecule has 0 aliphatic carbocycles. The Bertz CT molecular complexity index is 392. The fraction of sp³-hybridized carbons (Fsp3) is 0. The Morgan fingerprint density at radius 2 is 0.643 bits per heavy atom. The van der Waals surface area contributed by atoms with E-state index in [-0.39, 0.29) is 51.4 Å². The van der Waals surface area contributed by atoms with Gasteiger partial charge in [0.15, 0.2) is 0 Å². The molecule has 0 rings (SSSR count). The minimum Gasteiger partial charge on any atom is 1.00 e. The first-order chi connectivity index (χ1) is 5.97. The van der Waals surface area contributed by atoms with Crippen molar-refractivity contribution in [3.8, 4) is 29.8 Å². The van der Waals surface area contributed by atoms with E-state index in [4.69, 9.17) is 31.6 Å². The summed E-state index contributed by atoms with van der Waals surface area (Å²) in [6.07, 6.45) is 0. The molecule has 0 heterocycles. The van der Waals surface area contributed by atoms with Crippen molar-refractivity contribution < 1.29 is 62.1 Å². The standard InChI is InChI=1S/6CN.K.Mn/c6*1-2;;/q;;;;;;+1;-1. The second-order valence-electron chi connectivity index (χ2n) is 1.92. The molecule has 0 aromatic carbocycles. The minimum atomic E-state index is -6.30. The normalized spacial score (nSPS) is 12.4. The van der Waals surface area contributed by atoms with Crippen LogP contribution in [0.1, 0.15) is 0 Å². The van der Waals surface area contributed by atoms with Crippen molar-refractivity contribution in [3.05, 3.63) is 0 Å². The molecule has 0 atom stereocenters. The van der Waals surface area contributed by atoms with E-state index in [0.717, 1.165) is 29.8 Å². The van der Waals surface area contributed by atoms with Crippen molar-refractivity contribution in [2.45, 2.75) is 0 Å². The fourth-order valence-electron chi connectivity index (χ4n) is 0.283. The van der Waals surface area contributed by atoms with E-state index in [1.807, 2.05) is 0 Å². The van der Waals surface area contributed by atoms with Crippen LogP contribution in [0, 0.1) is 61.4 Å². The first-order valence-corrected chi connectivity index (χ1v) is 6.02. The largest absolute Gasteiger partial charge is 1.00 e. The molecule has 8 heteroatoms. The maximum Gasteiger partial charge on any atom is 1.00 e. The number of hydrogen-bond acceptors (Lipinski definition) is 6. The molecule has 0 aliphatic rings. The molecule has 0 fully saturated rings. The zero-order chi connectivity index (χ0) is 10.7. The van der Waals surface area contributed by atoms with E-state index in [0.29, 0.717) is 0 Å². The number of nitrogens with zero attached hydrogens (tertiary/aromatic N) is 6. The van der Waals surface area contributed by atoms with Crippen LogP contribution in [-0.4, -0.2) is 0 Å². The summed E-state index contributed by atoms with van der Waals surface area (Å²) in [6, 6.07) is 0. The summed E-state index contributed by atoms with van der Waals surface area (Å²) >= 11 is 0. The third kappa shape index (κ3) is 1.34. The van der Waals surface area contributed by atoms with Gasteiger partial charge in [0.1, 0.15) is 0 Å². The molecule has 0 unspecified atom stereocenters. The zero-order valence-electron chi connectivity index (χ0n) is 7.06. The zero-order valence-corrected chi connectivity index (χ0v) is 11.4. The van der Waals surface area contributed by atoms with Crippen molar-refractivity contribution in [2.24, 2.45) is 0 Å². The second kappa shape index (κ2) is 3.69. The average Bonchev–Trinajstić information content (AvgIpc) is 2.26. The summed E-state index contributed by atoms with van der Waals surface area (Å²) in [7, 11) is -6.30. The summed E-state index contributed by atoms with van der Waals surface area (Å²) in [5.41, 5.74) is 0. The van der Waals surface area contributed by atoms with Crippen LogP contribution in [-0.2, 0) is 10.7 Å². The van der Waals surface area contributed by atoms with Gasteiger partial charge >= 0.3 is 123 Å². The van der Waals surface area contributed by atoms with Crippen LogP contribution in [0.3, 0.4) is 0 Å². The minimum absolute atomic E-state index is 0. The van der Waals surface area contributed by atoms with E-state index in [9.17, 15) is 0 Å². The molecule has 0 aromatic rings. The Kier molecular flexibility index (Phi) is 4.10. The SMILES string of the molecule is N#[C][Mn-]([C]#N)([C]#N)([C]#N)([C]#N)[C]#N.[K+]. The van der Waals surface area contributed by atoms with Crippen LogP contribution in [0.2, 0.25) is 0 Å². The molecule has 0 aromatic heterocycles. The molecule has 0 N–H and O–H groups in total. The van der Waals surface area contributed by atoms with Crippen LogP contribution in [0.5, 0.6) is 0 Å². The molecule has 0 spiro atoms. The maximum absolute atomic E-state index is 8.58. The Morgan fingerprint density at radius 1 is 0.500 bits per heavy atom. The van der Waals surface area contributed by atoms with Gasteiger partial charge < -0.3 is 0 Å². The molecule has 0 amide bonds. The van der Waals surface area contributed by atoms with Crippen molar-refractivity contribution in [1.29, 1.82) is 31.6 Å². The number of nitriles is 6. The van der Waals surface area contributed by atoms with Gasteiger partial charge in [-0.05, 0) is 0 Å². The van der Waals surface area contributed by atoms with E-state index < -0.39 is 10.7 Å². The molecule has 0 bridgehead atoms. The molecular weight excluding hydrogens is 250 g/mol. The van der Waals surface area contributed by atoms with Gasteiger partial charge in [0.25, 0.3) is 0 Å². The molecule has 0 aliphatic heterocycles. The summed E-state index contributed by atoms with van der Waals surface area (Å²) in [4.78, 5) is 6.25. The predicted molar refractivity (Wildman–Crippen MR) is 33.7 cm³/mol. The van der Waals surface area contributed by atoms with Crippen LogP contribution in [0.25, 0.3) is 0 Å². The molecule has 0 radical (unpaired) electrons. The molecule has 0 saturated heterocycles. The summed E-state index contributed by atoms with van der Waals surface area (Å²) in [5.74, 6) is 0. The first-order valence-electron chi connectivity index (χ1n) is 2.48. The monoisotopic (exact) mass is 250 g/mol. The van der Waals surface area contributed by atoms with Gasteiger partial charge in [-0.2, -0.15) is 0 Å². The first kappa shape index (κ1) is 15.6. The van der Waals surface area contributed by atoms with Crippen LogP contribution in [0.15, 0.2) is 0 Å². The summed E-state index contributed by atoms with van der Waals surface area (Å²) in [5, 5.41) is 51.5. The van der Waals surface area contributed by atoms with Crippen molar-refractivity contribution >= 4 is 0 Å². The smallest absolute Gasteiger partial charge is 1.00 e.